The normalized spacial score (nSPS) is 12.8. The van der Waals surface area contributed by atoms with Gasteiger partial charge in [-0.15, -0.1) is 0 Å². The second-order valence-electron chi connectivity index (χ2n) is 6.93. The van der Waals surface area contributed by atoms with Gasteiger partial charge in [0.2, 0.25) is 5.91 Å². The predicted octanol–water partition coefficient (Wildman–Crippen LogP) is 4.82. The average molecular weight is 404 g/mol. The SMILES string of the molecule is C=C1C=Cc2c(-c3cccc(C(N)=O)c3C)nc(C)nc2N1c1c(F)cccc1F. The predicted molar refractivity (Wildman–Crippen MR) is 112 cm³/mol. The Kier molecular flexibility index (Phi) is 4.66. The van der Waals surface area contributed by atoms with E-state index in [9.17, 15) is 13.6 Å². The van der Waals surface area contributed by atoms with Gasteiger partial charge in [-0.2, -0.15) is 0 Å². The van der Waals surface area contributed by atoms with E-state index in [4.69, 9.17) is 5.73 Å². The first kappa shape index (κ1) is 19.4. The van der Waals surface area contributed by atoms with Crippen molar-refractivity contribution in [2.45, 2.75) is 13.8 Å². The molecule has 0 saturated heterocycles. The Labute approximate surface area is 172 Å². The molecule has 0 unspecified atom stereocenters. The van der Waals surface area contributed by atoms with Gasteiger partial charge in [0.05, 0.1) is 5.69 Å². The fourth-order valence-corrected chi connectivity index (χ4v) is 3.60. The molecule has 0 atom stereocenters. The number of hydrogen-bond acceptors (Lipinski definition) is 4. The zero-order chi connectivity index (χ0) is 21.6. The number of anilines is 2. The van der Waals surface area contributed by atoms with Gasteiger partial charge in [-0.3, -0.25) is 9.69 Å². The number of aromatic nitrogens is 2. The molecule has 2 N–H and O–H groups in total. The monoisotopic (exact) mass is 404 g/mol. The van der Waals surface area contributed by atoms with Gasteiger partial charge >= 0.3 is 0 Å². The molecule has 1 aliphatic rings. The van der Waals surface area contributed by atoms with E-state index in [-0.39, 0.29) is 5.69 Å². The summed E-state index contributed by atoms with van der Waals surface area (Å²) in [6, 6.07) is 8.83. The highest BCUT2D eigenvalue weighted by Crippen LogP contribution is 2.41. The van der Waals surface area contributed by atoms with Crippen LogP contribution in [0.15, 0.2) is 54.8 Å². The van der Waals surface area contributed by atoms with Gasteiger partial charge in [-0.25, -0.2) is 18.7 Å². The summed E-state index contributed by atoms with van der Waals surface area (Å²) in [7, 11) is 0. The molecule has 30 heavy (non-hydrogen) atoms. The van der Waals surface area contributed by atoms with Crippen LogP contribution in [0.3, 0.4) is 0 Å². The molecule has 3 aromatic rings. The third-order valence-corrected chi connectivity index (χ3v) is 4.99. The highest BCUT2D eigenvalue weighted by atomic mass is 19.1. The Morgan fingerprint density at radius 2 is 1.70 bits per heavy atom. The summed E-state index contributed by atoms with van der Waals surface area (Å²) < 4.78 is 29.2. The first-order valence-corrected chi connectivity index (χ1v) is 9.19. The molecule has 0 fully saturated rings. The number of amides is 1. The lowest BCUT2D eigenvalue weighted by Gasteiger charge is -2.30. The minimum atomic E-state index is -0.734. The molecule has 0 spiro atoms. The van der Waals surface area contributed by atoms with Gasteiger partial charge < -0.3 is 5.73 Å². The van der Waals surface area contributed by atoms with E-state index in [1.807, 2.05) is 6.07 Å². The number of aryl methyl sites for hydroxylation is 1. The van der Waals surface area contributed by atoms with Crippen molar-refractivity contribution >= 4 is 23.5 Å². The van der Waals surface area contributed by atoms with Crippen molar-refractivity contribution in [2.24, 2.45) is 5.73 Å². The van der Waals surface area contributed by atoms with Crippen LogP contribution in [-0.2, 0) is 0 Å². The fourth-order valence-electron chi connectivity index (χ4n) is 3.60. The van der Waals surface area contributed by atoms with E-state index in [1.54, 1.807) is 38.1 Å². The number of nitrogens with two attached hydrogens (primary N) is 1. The van der Waals surface area contributed by atoms with Crippen LogP contribution in [0.2, 0.25) is 0 Å². The van der Waals surface area contributed by atoms with Crippen LogP contribution in [-0.4, -0.2) is 15.9 Å². The third kappa shape index (κ3) is 3.04. The Balaban J connectivity index is 2.01. The largest absolute Gasteiger partial charge is 0.366 e. The summed E-state index contributed by atoms with van der Waals surface area (Å²) in [6.07, 6.45) is 3.39. The van der Waals surface area contributed by atoms with Crippen LogP contribution in [0.5, 0.6) is 0 Å². The van der Waals surface area contributed by atoms with E-state index < -0.39 is 17.5 Å². The van der Waals surface area contributed by atoms with Crippen LogP contribution in [0.25, 0.3) is 17.3 Å². The topological polar surface area (TPSA) is 72.1 Å². The van der Waals surface area contributed by atoms with E-state index >= 15 is 0 Å². The molecule has 1 aliphatic heterocycles. The molecule has 1 aromatic heterocycles. The second-order valence-corrected chi connectivity index (χ2v) is 6.93. The molecule has 2 heterocycles. The first-order chi connectivity index (χ1) is 14.3. The summed E-state index contributed by atoms with van der Waals surface area (Å²) in [5.41, 5.74) is 8.38. The lowest BCUT2D eigenvalue weighted by Crippen LogP contribution is -2.23. The number of halogens is 2. The molecule has 2 aromatic carbocycles. The van der Waals surface area contributed by atoms with Crippen molar-refractivity contribution in [3.05, 3.63) is 88.9 Å². The zero-order valence-corrected chi connectivity index (χ0v) is 16.4. The van der Waals surface area contributed by atoms with Crippen molar-refractivity contribution in [1.82, 2.24) is 9.97 Å². The molecule has 1 amide bonds. The van der Waals surface area contributed by atoms with Crippen LogP contribution < -0.4 is 10.6 Å². The van der Waals surface area contributed by atoms with Crippen molar-refractivity contribution in [2.75, 3.05) is 4.90 Å². The summed E-state index contributed by atoms with van der Waals surface area (Å²) in [6.45, 7) is 7.39. The molecule has 0 saturated carbocycles. The molecule has 7 heteroatoms. The number of rotatable bonds is 3. The molecular formula is C23H18F2N4O. The number of allylic oxidation sites excluding steroid dienone is 1. The molecule has 0 aliphatic carbocycles. The van der Waals surface area contributed by atoms with Crippen molar-refractivity contribution in [1.29, 1.82) is 0 Å². The number of carbonyl (C=O) groups is 1. The smallest absolute Gasteiger partial charge is 0.248 e. The van der Waals surface area contributed by atoms with Gasteiger partial charge in [0.1, 0.15) is 29.0 Å². The van der Waals surface area contributed by atoms with E-state index in [0.717, 1.165) is 0 Å². The second kappa shape index (κ2) is 7.18. The molecule has 0 radical (unpaired) electrons. The number of benzene rings is 2. The van der Waals surface area contributed by atoms with Gasteiger partial charge in [-0.05, 0) is 49.8 Å². The van der Waals surface area contributed by atoms with Crippen LogP contribution in [0.1, 0.15) is 27.3 Å². The summed E-state index contributed by atoms with van der Waals surface area (Å²) in [4.78, 5) is 22.1. The fraction of sp³-hybridized carbons (Fsp3) is 0.0870. The minimum Gasteiger partial charge on any atom is -0.366 e. The third-order valence-electron chi connectivity index (χ3n) is 4.99. The summed E-state index contributed by atoms with van der Waals surface area (Å²) in [5.74, 6) is -1.31. The number of primary amides is 1. The van der Waals surface area contributed by atoms with Crippen LogP contribution >= 0.6 is 0 Å². The Hall–Kier alpha value is -3.87. The number of hydrogen-bond donors (Lipinski definition) is 1. The van der Waals surface area contributed by atoms with Gasteiger partial charge in [0.15, 0.2) is 0 Å². The van der Waals surface area contributed by atoms with Crippen molar-refractivity contribution < 1.29 is 13.6 Å². The molecule has 4 rings (SSSR count). The van der Waals surface area contributed by atoms with E-state index in [1.165, 1.54) is 23.1 Å². The number of para-hydroxylation sites is 1. The summed E-state index contributed by atoms with van der Waals surface area (Å²) >= 11 is 0. The Bertz CT molecular complexity index is 1230. The Morgan fingerprint density at radius 1 is 1.03 bits per heavy atom. The molecule has 150 valence electrons. The minimum absolute atomic E-state index is 0.264. The van der Waals surface area contributed by atoms with Gasteiger partial charge in [-0.1, -0.05) is 24.8 Å². The van der Waals surface area contributed by atoms with Crippen molar-refractivity contribution in [3.63, 3.8) is 0 Å². The molecule has 0 bridgehead atoms. The zero-order valence-electron chi connectivity index (χ0n) is 16.4. The van der Waals surface area contributed by atoms with Crippen molar-refractivity contribution in [3.8, 4) is 11.3 Å². The summed E-state index contributed by atoms with van der Waals surface area (Å²) in [5, 5.41) is 0. The molecule has 5 nitrogen and oxygen atoms in total. The lowest BCUT2D eigenvalue weighted by molar-refractivity contribution is 0.0999. The van der Waals surface area contributed by atoms with Gasteiger partial charge in [0.25, 0.3) is 0 Å². The maximum absolute atomic E-state index is 14.6. The maximum Gasteiger partial charge on any atom is 0.248 e. The standard InChI is InChI=1S/C23H18F2N4O/c1-12-10-11-17-20(15-6-4-7-16(13(15)2)22(26)30)27-14(3)28-23(17)29(12)21-18(24)8-5-9-19(21)25/h4-11H,1H2,2-3H3,(H2,26,30). The maximum atomic E-state index is 14.6. The average Bonchev–Trinajstić information content (AvgIpc) is 2.68. The number of carbonyl (C=O) groups excluding carboxylic acids is 1. The van der Waals surface area contributed by atoms with E-state index in [2.05, 4.69) is 16.5 Å². The lowest BCUT2D eigenvalue weighted by atomic mass is 9.95. The van der Waals surface area contributed by atoms with E-state index in [0.29, 0.717) is 45.3 Å². The van der Waals surface area contributed by atoms with Crippen LogP contribution in [0, 0.1) is 25.5 Å². The number of nitrogens with zero attached hydrogens (tertiary/aromatic N) is 3. The Morgan fingerprint density at radius 3 is 2.37 bits per heavy atom. The van der Waals surface area contributed by atoms with Gasteiger partial charge in [0, 0.05) is 22.4 Å². The molecular weight excluding hydrogens is 386 g/mol. The quantitative estimate of drug-likeness (QED) is 0.680. The highest BCUT2D eigenvalue weighted by Gasteiger charge is 2.28. The highest BCUT2D eigenvalue weighted by molar-refractivity contribution is 5.97. The first-order valence-electron chi connectivity index (χ1n) is 9.19. The number of fused-ring (bicyclic) bond motifs is 1. The van der Waals surface area contributed by atoms with Crippen LogP contribution in [0.4, 0.5) is 20.3 Å².